The van der Waals surface area contributed by atoms with Gasteiger partial charge in [0.1, 0.15) is 5.82 Å². The van der Waals surface area contributed by atoms with Crippen LogP contribution < -0.4 is 5.32 Å². The van der Waals surface area contributed by atoms with Crippen LogP contribution in [0.2, 0.25) is 5.02 Å². The first-order valence-corrected chi connectivity index (χ1v) is 7.13. The highest BCUT2D eigenvalue weighted by molar-refractivity contribution is 6.32. The van der Waals surface area contributed by atoms with Gasteiger partial charge in [0.15, 0.2) is 0 Å². The number of nitrogens with zero attached hydrogens (tertiary/aromatic N) is 1. The third-order valence-electron chi connectivity index (χ3n) is 3.67. The molecule has 2 rings (SSSR count). The number of benzene rings is 1. The Hall–Kier alpha value is -0.850. The first kappa shape index (κ1) is 16.5. The molecule has 1 saturated heterocycles. The summed E-state index contributed by atoms with van der Waals surface area (Å²) >= 11 is 6.09. The van der Waals surface area contributed by atoms with E-state index in [0.29, 0.717) is 31.7 Å². The number of halogens is 5. The molecule has 0 saturated carbocycles. The van der Waals surface area contributed by atoms with Crippen LogP contribution in [-0.4, -0.2) is 37.3 Å². The second-order valence-corrected chi connectivity index (χ2v) is 5.59. The summed E-state index contributed by atoms with van der Waals surface area (Å²) in [7, 11) is 0. The van der Waals surface area contributed by atoms with Gasteiger partial charge in [-0.15, -0.1) is 0 Å². The minimum Gasteiger partial charge on any atom is -0.314 e. The predicted molar refractivity (Wildman–Crippen MR) is 74.0 cm³/mol. The Bertz CT molecular complexity index is 498. The number of alkyl halides is 3. The van der Waals surface area contributed by atoms with Crippen LogP contribution in [-0.2, 0) is 0 Å². The lowest BCUT2D eigenvalue weighted by Crippen LogP contribution is -2.46. The van der Waals surface area contributed by atoms with Crippen LogP contribution in [0.3, 0.4) is 0 Å². The van der Waals surface area contributed by atoms with Crippen LogP contribution in [0.25, 0.3) is 0 Å². The highest BCUT2D eigenvalue weighted by Gasteiger charge is 2.38. The van der Waals surface area contributed by atoms with Gasteiger partial charge >= 0.3 is 6.18 Å². The van der Waals surface area contributed by atoms with Crippen molar-refractivity contribution >= 4 is 11.6 Å². The van der Waals surface area contributed by atoms with E-state index in [1.54, 1.807) is 11.8 Å². The van der Waals surface area contributed by atoms with E-state index in [1.165, 1.54) is 12.1 Å². The van der Waals surface area contributed by atoms with Crippen molar-refractivity contribution in [3.05, 3.63) is 34.1 Å². The predicted octanol–water partition coefficient (Wildman–Crippen LogP) is 3.69. The molecule has 1 fully saturated rings. The number of hydrogen-bond acceptors (Lipinski definition) is 2. The summed E-state index contributed by atoms with van der Waals surface area (Å²) in [6, 6.07) is 1.57. The molecule has 0 bridgehead atoms. The molecule has 1 aromatic carbocycles. The van der Waals surface area contributed by atoms with Gasteiger partial charge < -0.3 is 5.32 Å². The summed E-state index contributed by atoms with van der Waals surface area (Å²) < 4.78 is 52.8. The molecule has 21 heavy (non-hydrogen) atoms. The number of aryl methyl sites for hydroxylation is 1. The normalized spacial score (nSPS) is 18.8. The van der Waals surface area contributed by atoms with Gasteiger partial charge in [-0.3, -0.25) is 4.90 Å². The summed E-state index contributed by atoms with van der Waals surface area (Å²) in [5.74, 6) is -0.682. The number of piperazine rings is 1. The van der Waals surface area contributed by atoms with Crippen molar-refractivity contribution < 1.29 is 17.6 Å². The SMILES string of the molecule is Cc1ccc(F)c([C@H](CC(F)(F)F)N2CCNCC2)c1Cl. The van der Waals surface area contributed by atoms with Crippen molar-refractivity contribution in [3.8, 4) is 0 Å². The summed E-state index contributed by atoms with van der Waals surface area (Å²) in [6.45, 7) is 3.70. The zero-order chi connectivity index (χ0) is 15.6. The van der Waals surface area contributed by atoms with E-state index >= 15 is 0 Å². The smallest absolute Gasteiger partial charge is 0.314 e. The molecular weight excluding hydrogens is 308 g/mol. The van der Waals surface area contributed by atoms with E-state index in [9.17, 15) is 17.6 Å². The Morgan fingerprint density at radius 3 is 2.48 bits per heavy atom. The standard InChI is InChI=1S/C14H17ClF4N2/c1-9-2-3-10(16)12(13(9)15)11(8-14(17,18)19)21-6-4-20-5-7-21/h2-3,11,20H,4-8H2,1H3/t11-/m0/s1. The maximum atomic E-state index is 14.1. The molecule has 1 aromatic rings. The molecule has 7 heteroatoms. The molecule has 0 radical (unpaired) electrons. The van der Waals surface area contributed by atoms with Gasteiger partial charge in [0.25, 0.3) is 0 Å². The topological polar surface area (TPSA) is 15.3 Å². The highest BCUT2D eigenvalue weighted by atomic mass is 35.5. The Kier molecular flexibility index (Phi) is 5.11. The van der Waals surface area contributed by atoms with Gasteiger partial charge in [0.2, 0.25) is 0 Å². The van der Waals surface area contributed by atoms with Gasteiger partial charge in [-0.2, -0.15) is 13.2 Å². The van der Waals surface area contributed by atoms with E-state index in [-0.39, 0.29) is 10.6 Å². The summed E-state index contributed by atoms with van der Waals surface area (Å²) in [5.41, 5.74) is 0.534. The van der Waals surface area contributed by atoms with Gasteiger partial charge in [0.05, 0.1) is 11.4 Å². The third kappa shape index (κ3) is 4.08. The second-order valence-electron chi connectivity index (χ2n) is 5.21. The maximum Gasteiger partial charge on any atom is 0.390 e. The lowest BCUT2D eigenvalue weighted by atomic mass is 9.98. The fourth-order valence-electron chi connectivity index (χ4n) is 2.61. The monoisotopic (exact) mass is 324 g/mol. The zero-order valence-corrected chi connectivity index (χ0v) is 12.4. The minimum atomic E-state index is -4.38. The van der Waals surface area contributed by atoms with Crippen LogP contribution in [0.15, 0.2) is 12.1 Å². The molecule has 0 unspecified atom stereocenters. The van der Waals surface area contributed by atoms with Gasteiger partial charge in [-0.1, -0.05) is 17.7 Å². The Morgan fingerprint density at radius 2 is 1.90 bits per heavy atom. The number of rotatable bonds is 3. The van der Waals surface area contributed by atoms with Crippen molar-refractivity contribution in [1.82, 2.24) is 10.2 Å². The average molecular weight is 325 g/mol. The van der Waals surface area contributed by atoms with Gasteiger partial charge in [0, 0.05) is 37.8 Å². The summed E-state index contributed by atoms with van der Waals surface area (Å²) in [6.07, 6.45) is -5.48. The maximum absolute atomic E-state index is 14.1. The molecule has 2 nitrogen and oxygen atoms in total. The molecule has 118 valence electrons. The first-order chi connectivity index (χ1) is 9.79. The van der Waals surface area contributed by atoms with Gasteiger partial charge in [-0.05, 0) is 18.6 Å². The summed E-state index contributed by atoms with van der Waals surface area (Å²) in [5, 5.41) is 3.16. The molecule has 1 aliphatic rings. The molecule has 1 heterocycles. The highest BCUT2D eigenvalue weighted by Crippen LogP contribution is 2.39. The third-order valence-corrected chi connectivity index (χ3v) is 4.17. The summed E-state index contributed by atoms with van der Waals surface area (Å²) in [4.78, 5) is 1.65. The van der Waals surface area contributed by atoms with E-state index in [0.717, 1.165) is 0 Å². The average Bonchev–Trinajstić information content (AvgIpc) is 2.42. The van der Waals surface area contributed by atoms with E-state index in [2.05, 4.69) is 5.32 Å². The van der Waals surface area contributed by atoms with E-state index in [1.807, 2.05) is 0 Å². The fraction of sp³-hybridized carbons (Fsp3) is 0.571. The molecule has 0 spiro atoms. The van der Waals surface area contributed by atoms with Crippen LogP contribution in [0.5, 0.6) is 0 Å². The first-order valence-electron chi connectivity index (χ1n) is 6.75. The lowest BCUT2D eigenvalue weighted by molar-refractivity contribution is -0.149. The Labute approximate surface area is 126 Å². The minimum absolute atomic E-state index is 0.0455. The van der Waals surface area contributed by atoms with Crippen molar-refractivity contribution in [1.29, 1.82) is 0 Å². The lowest BCUT2D eigenvalue weighted by Gasteiger charge is -2.36. The van der Waals surface area contributed by atoms with E-state index in [4.69, 9.17) is 11.6 Å². The van der Waals surface area contributed by atoms with Crippen molar-refractivity contribution in [3.63, 3.8) is 0 Å². The largest absolute Gasteiger partial charge is 0.390 e. The van der Waals surface area contributed by atoms with Crippen LogP contribution >= 0.6 is 11.6 Å². The van der Waals surface area contributed by atoms with E-state index < -0.39 is 24.5 Å². The van der Waals surface area contributed by atoms with Crippen LogP contribution in [0, 0.1) is 12.7 Å². The van der Waals surface area contributed by atoms with Crippen LogP contribution in [0.1, 0.15) is 23.6 Å². The Balaban J connectivity index is 2.41. The fourth-order valence-corrected chi connectivity index (χ4v) is 2.89. The molecule has 0 aliphatic carbocycles. The van der Waals surface area contributed by atoms with Crippen molar-refractivity contribution in [2.24, 2.45) is 0 Å². The van der Waals surface area contributed by atoms with Crippen molar-refractivity contribution in [2.45, 2.75) is 25.6 Å². The number of hydrogen-bond donors (Lipinski definition) is 1. The molecule has 1 aliphatic heterocycles. The Morgan fingerprint density at radius 1 is 1.29 bits per heavy atom. The van der Waals surface area contributed by atoms with Crippen molar-refractivity contribution in [2.75, 3.05) is 26.2 Å². The second kappa shape index (κ2) is 6.50. The quantitative estimate of drug-likeness (QED) is 0.853. The zero-order valence-electron chi connectivity index (χ0n) is 11.6. The molecule has 1 atom stereocenters. The molecule has 1 N–H and O–H groups in total. The van der Waals surface area contributed by atoms with Crippen LogP contribution in [0.4, 0.5) is 17.6 Å². The van der Waals surface area contributed by atoms with Gasteiger partial charge in [-0.25, -0.2) is 4.39 Å². The molecular formula is C14H17ClF4N2. The molecule has 0 aromatic heterocycles. The molecule has 0 amide bonds. The number of nitrogens with one attached hydrogen (secondary N) is 1.